The second kappa shape index (κ2) is 5.74. The van der Waals surface area contributed by atoms with Crippen LogP contribution in [0.4, 0.5) is 11.4 Å². The number of pyridine rings is 1. The SMILES string of the molecule is CC(C)N(Cc1cccs1)c1ccnc2cc(N)ccc12. The van der Waals surface area contributed by atoms with E-state index >= 15 is 0 Å². The van der Waals surface area contributed by atoms with Gasteiger partial charge < -0.3 is 10.6 Å². The third-order valence-electron chi connectivity index (χ3n) is 3.58. The highest BCUT2D eigenvalue weighted by molar-refractivity contribution is 7.09. The molecule has 3 aromatic rings. The van der Waals surface area contributed by atoms with E-state index in [0.29, 0.717) is 6.04 Å². The Hall–Kier alpha value is -2.07. The van der Waals surface area contributed by atoms with Crippen LogP contribution in [-0.4, -0.2) is 11.0 Å². The van der Waals surface area contributed by atoms with E-state index in [1.165, 1.54) is 10.6 Å². The van der Waals surface area contributed by atoms with E-state index in [9.17, 15) is 0 Å². The Labute approximate surface area is 129 Å². The molecule has 0 aliphatic rings. The zero-order chi connectivity index (χ0) is 14.8. The Morgan fingerprint density at radius 1 is 1.24 bits per heavy atom. The number of nitrogens with zero attached hydrogens (tertiary/aromatic N) is 2. The van der Waals surface area contributed by atoms with Crippen molar-refractivity contribution in [3.8, 4) is 0 Å². The van der Waals surface area contributed by atoms with Crippen molar-refractivity contribution in [1.82, 2.24) is 4.98 Å². The summed E-state index contributed by atoms with van der Waals surface area (Å²) in [5.41, 5.74) is 8.78. The van der Waals surface area contributed by atoms with Crippen LogP contribution in [0.2, 0.25) is 0 Å². The van der Waals surface area contributed by atoms with E-state index < -0.39 is 0 Å². The lowest BCUT2D eigenvalue weighted by atomic mass is 10.1. The van der Waals surface area contributed by atoms with Crippen molar-refractivity contribution in [1.29, 1.82) is 0 Å². The van der Waals surface area contributed by atoms with Gasteiger partial charge >= 0.3 is 0 Å². The molecule has 3 rings (SSSR count). The van der Waals surface area contributed by atoms with Gasteiger partial charge in [-0.05, 0) is 49.6 Å². The zero-order valence-electron chi connectivity index (χ0n) is 12.3. The predicted octanol–water partition coefficient (Wildman–Crippen LogP) is 4.29. The molecule has 0 saturated heterocycles. The highest BCUT2D eigenvalue weighted by atomic mass is 32.1. The largest absolute Gasteiger partial charge is 0.399 e. The molecule has 0 aliphatic carbocycles. The number of nitrogens with two attached hydrogens (primary N) is 1. The normalized spacial score (nSPS) is 11.2. The van der Waals surface area contributed by atoms with Crippen molar-refractivity contribution in [2.75, 3.05) is 10.6 Å². The molecule has 108 valence electrons. The Morgan fingerprint density at radius 2 is 2.10 bits per heavy atom. The molecule has 0 amide bonds. The molecule has 0 radical (unpaired) electrons. The summed E-state index contributed by atoms with van der Waals surface area (Å²) < 4.78 is 0. The van der Waals surface area contributed by atoms with Gasteiger partial charge in [0.25, 0.3) is 0 Å². The number of thiophene rings is 1. The minimum Gasteiger partial charge on any atom is -0.399 e. The van der Waals surface area contributed by atoms with Gasteiger partial charge in [-0.2, -0.15) is 0 Å². The minimum absolute atomic E-state index is 0.412. The summed E-state index contributed by atoms with van der Waals surface area (Å²) in [6.45, 7) is 5.35. The molecular formula is C17H19N3S. The Morgan fingerprint density at radius 3 is 2.81 bits per heavy atom. The van der Waals surface area contributed by atoms with Crippen molar-refractivity contribution in [3.63, 3.8) is 0 Å². The van der Waals surface area contributed by atoms with Crippen LogP contribution in [0.1, 0.15) is 18.7 Å². The Bertz CT molecular complexity index is 735. The molecule has 0 aliphatic heterocycles. The van der Waals surface area contributed by atoms with Gasteiger partial charge in [-0.3, -0.25) is 4.98 Å². The van der Waals surface area contributed by atoms with Crippen molar-refractivity contribution in [2.45, 2.75) is 26.4 Å². The Balaban J connectivity index is 2.07. The molecule has 2 heterocycles. The maximum Gasteiger partial charge on any atom is 0.0743 e. The summed E-state index contributed by atoms with van der Waals surface area (Å²) in [4.78, 5) is 8.21. The molecule has 2 N–H and O–H groups in total. The van der Waals surface area contributed by atoms with E-state index in [0.717, 1.165) is 23.1 Å². The highest BCUT2D eigenvalue weighted by Crippen LogP contribution is 2.30. The van der Waals surface area contributed by atoms with E-state index in [2.05, 4.69) is 53.4 Å². The highest BCUT2D eigenvalue weighted by Gasteiger charge is 2.15. The standard InChI is InChI=1S/C17H19N3S/c1-12(2)20(11-14-4-3-9-21-14)17-7-8-19-16-10-13(18)5-6-15(16)17/h3-10,12H,11,18H2,1-2H3. The summed E-state index contributed by atoms with van der Waals surface area (Å²) in [6, 6.07) is 12.7. The lowest BCUT2D eigenvalue weighted by molar-refractivity contribution is 0.689. The zero-order valence-corrected chi connectivity index (χ0v) is 13.1. The summed E-state index contributed by atoms with van der Waals surface area (Å²) >= 11 is 1.79. The lowest BCUT2D eigenvalue weighted by Crippen LogP contribution is -2.30. The van der Waals surface area contributed by atoms with Crippen LogP contribution in [0.15, 0.2) is 48.0 Å². The molecule has 3 nitrogen and oxygen atoms in total. The van der Waals surface area contributed by atoms with Crippen molar-refractivity contribution < 1.29 is 0 Å². The number of hydrogen-bond donors (Lipinski definition) is 1. The van der Waals surface area contributed by atoms with Gasteiger partial charge in [0.1, 0.15) is 0 Å². The van der Waals surface area contributed by atoms with Gasteiger partial charge in [-0.1, -0.05) is 6.07 Å². The Kier molecular flexibility index (Phi) is 3.80. The fourth-order valence-electron chi connectivity index (χ4n) is 2.52. The second-order valence-corrected chi connectivity index (χ2v) is 6.44. The van der Waals surface area contributed by atoms with Gasteiger partial charge in [0.15, 0.2) is 0 Å². The van der Waals surface area contributed by atoms with E-state index in [1.807, 2.05) is 18.3 Å². The molecule has 0 saturated carbocycles. The molecule has 2 aromatic heterocycles. The van der Waals surface area contributed by atoms with Gasteiger partial charge in [-0.25, -0.2) is 0 Å². The number of anilines is 2. The van der Waals surface area contributed by atoms with Gasteiger partial charge in [0.05, 0.1) is 12.1 Å². The first-order valence-electron chi connectivity index (χ1n) is 7.08. The van der Waals surface area contributed by atoms with Crippen LogP contribution in [0.5, 0.6) is 0 Å². The molecular weight excluding hydrogens is 278 g/mol. The first kappa shape index (κ1) is 13.9. The van der Waals surface area contributed by atoms with Gasteiger partial charge in [0, 0.05) is 33.9 Å². The van der Waals surface area contributed by atoms with E-state index in [4.69, 9.17) is 5.73 Å². The van der Waals surface area contributed by atoms with Crippen LogP contribution >= 0.6 is 11.3 Å². The molecule has 0 fully saturated rings. The summed E-state index contributed by atoms with van der Waals surface area (Å²) in [5.74, 6) is 0. The quantitative estimate of drug-likeness (QED) is 0.730. The van der Waals surface area contributed by atoms with E-state index in [1.54, 1.807) is 11.3 Å². The maximum atomic E-state index is 5.87. The van der Waals surface area contributed by atoms with Crippen molar-refractivity contribution in [2.24, 2.45) is 0 Å². The smallest absolute Gasteiger partial charge is 0.0743 e. The summed E-state index contributed by atoms with van der Waals surface area (Å²) in [5, 5.41) is 3.27. The third kappa shape index (κ3) is 2.85. The monoisotopic (exact) mass is 297 g/mol. The average Bonchev–Trinajstić information content (AvgIpc) is 2.96. The number of aromatic nitrogens is 1. The van der Waals surface area contributed by atoms with E-state index in [-0.39, 0.29) is 0 Å². The van der Waals surface area contributed by atoms with Crippen LogP contribution in [0.3, 0.4) is 0 Å². The summed E-state index contributed by atoms with van der Waals surface area (Å²) in [6.07, 6.45) is 1.86. The van der Waals surface area contributed by atoms with Crippen LogP contribution in [0, 0.1) is 0 Å². The van der Waals surface area contributed by atoms with Gasteiger partial charge in [0.2, 0.25) is 0 Å². The molecule has 0 atom stereocenters. The number of benzene rings is 1. The first-order valence-corrected chi connectivity index (χ1v) is 7.96. The second-order valence-electron chi connectivity index (χ2n) is 5.41. The lowest BCUT2D eigenvalue weighted by Gasteiger charge is -2.29. The average molecular weight is 297 g/mol. The molecule has 0 unspecified atom stereocenters. The summed E-state index contributed by atoms with van der Waals surface area (Å²) in [7, 11) is 0. The number of nitrogen functional groups attached to an aromatic ring is 1. The maximum absolute atomic E-state index is 5.87. The first-order chi connectivity index (χ1) is 10.1. The molecule has 4 heteroatoms. The van der Waals surface area contributed by atoms with Crippen molar-refractivity contribution in [3.05, 3.63) is 52.9 Å². The fourth-order valence-corrected chi connectivity index (χ4v) is 3.22. The molecule has 0 bridgehead atoms. The number of hydrogen-bond acceptors (Lipinski definition) is 4. The van der Waals surface area contributed by atoms with Crippen LogP contribution < -0.4 is 10.6 Å². The van der Waals surface area contributed by atoms with Crippen molar-refractivity contribution >= 4 is 33.6 Å². The molecule has 21 heavy (non-hydrogen) atoms. The molecule has 1 aromatic carbocycles. The predicted molar refractivity (Wildman–Crippen MR) is 91.8 cm³/mol. The van der Waals surface area contributed by atoms with Gasteiger partial charge in [-0.15, -0.1) is 11.3 Å². The van der Waals surface area contributed by atoms with Crippen LogP contribution in [-0.2, 0) is 6.54 Å². The molecule has 0 spiro atoms. The van der Waals surface area contributed by atoms with Crippen LogP contribution in [0.25, 0.3) is 10.9 Å². The third-order valence-corrected chi connectivity index (χ3v) is 4.44. The number of fused-ring (bicyclic) bond motifs is 1. The minimum atomic E-state index is 0.412. The topological polar surface area (TPSA) is 42.2 Å². The fraction of sp³-hybridized carbons (Fsp3) is 0.235. The number of rotatable bonds is 4.